The van der Waals surface area contributed by atoms with Gasteiger partial charge in [-0.2, -0.15) is 6.20 Å². The molecule has 2 rings (SSSR count). The van der Waals surface area contributed by atoms with Crippen LogP contribution in [0.5, 0.6) is 0 Å². The third kappa shape index (κ3) is 24.5. The molecule has 0 aromatic rings. The van der Waals surface area contributed by atoms with Crippen LogP contribution in [0.15, 0.2) is 23.9 Å². The molecule has 0 aromatic carbocycles. The Labute approximate surface area is 149 Å². The van der Waals surface area contributed by atoms with Gasteiger partial charge >= 0.3 is 0 Å². The molecule has 0 atom stereocenters. The SMILES string of the molecule is CC1=CC[N-]C=C1.CC1CC[N-]CC1.N#C[S-].N#C[S-].[Ni]. The van der Waals surface area contributed by atoms with Crippen LogP contribution in [0.3, 0.4) is 0 Å². The fraction of sp³-hybridized carbons (Fsp3) is 0.571. The number of nitriles is 2. The molecule has 0 bridgehead atoms. The maximum atomic E-state index is 7.13. The predicted octanol–water partition coefficient (Wildman–Crippen LogP) is 3.65. The molecule has 1 saturated heterocycles. The summed E-state index contributed by atoms with van der Waals surface area (Å²) in [5.41, 5.74) is 1.31. The van der Waals surface area contributed by atoms with E-state index in [0.717, 1.165) is 25.6 Å². The topological polar surface area (TPSA) is 75.8 Å². The molecule has 0 amide bonds. The Morgan fingerprint density at radius 2 is 1.67 bits per heavy atom. The molecule has 7 heteroatoms. The van der Waals surface area contributed by atoms with Crippen LogP contribution in [0.25, 0.3) is 10.6 Å². The van der Waals surface area contributed by atoms with Gasteiger partial charge in [0, 0.05) is 16.5 Å². The monoisotopic (exact) mass is 366 g/mol. The van der Waals surface area contributed by atoms with Crippen LogP contribution in [-0.4, -0.2) is 19.6 Å². The molecule has 122 valence electrons. The van der Waals surface area contributed by atoms with E-state index in [2.05, 4.69) is 55.8 Å². The maximum absolute atomic E-state index is 7.13. The van der Waals surface area contributed by atoms with E-state index in [1.165, 1.54) is 29.2 Å². The van der Waals surface area contributed by atoms with Crippen molar-refractivity contribution in [2.45, 2.75) is 26.7 Å². The van der Waals surface area contributed by atoms with E-state index >= 15 is 0 Å². The van der Waals surface area contributed by atoms with Crippen molar-refractivity contribution in [3.63, 3.8) is 0 Å². The summed E-state index contributed by atoms with van der Waals surface area (Å²) in [5.74, 6) is 0.942. The van der Waals surface area contributed by atoms with Gasteiger partial charge < -0.3 is 35.9 Å². The summed E-state index contributed by atoms with van der Waals surface area (Å²) in [4.78, 5) is 0. The van der Waals surface area contributed by atoms with Crippen molar-refractivity contribution in [2.24, 2.45) is 5.92 Å². The van der Waals surface area contributed by atoms with Crippen molar-refractivity contribution in [3.8, 4) is 10.8 Å². The molecule has 0 radical (unpaired) electrons. The second-order valence-electron chi connectivity index (χ2n) is 4.16. The van der Waals surface area contributed by atoms with E-state index < -0.39 is 0 Å². The second kappa shape index (κ2) is 21.5. The molecule has 21 heavy (non-hydrogen) atoms. The fourth-order valence-electron chi connectivity index (χ4n) is 1.38. The molecule has 0 aliphatic carbocycles. The zero-order valence-corrected chi connectivity index (χ0v) is 14.9. The molecule has 2 aliphatic rings. The first-order chi connectivity index (χ1) is 9.62. The zero-order valence-electron chi connectivity index (χ0n) is 12.3. The molecule has 0 spiro atoms. The van der Waals surface area contributed by atoms with Gasteiger partial charge in [-0.3, -0.25) is 0 Å². The second-order valence-corrected chi connectivity index (χ2v) is 4.53. The molecule has 4 nitrogen and oxygen atoms in total. The number of nitrogens with zero attached hydrogens (tertiary/aromatic N) is 4. The minimum Gasteiger partial charge on any atom is -0.696 e. The van der Waals surface area contributed by atoms with Crippen LogP contribution in [0, 0.1) is 27.2 Å². The number of thiocyanates is 2. The first-order valence-corrected chi connectivity index (χ1v) is 7.09. The Hall–Kier alpha value is -0.846. The third-order valence-electron chi connectivity index (χ3n) is 2.52. The largest absolute Gasteiger partial charge is 0.696 e. The summed E-state index contributed by atoms with van der Waals surface area (Å²) < 4.78 is 0. The van der Waals surface area contributed by atoms with Crippen molar-refractivity contribution in [3.05, 3.63) is 34.6 Å². The molecule has 1 fully saturated rings. The molecular formula is C14H20N4NiS2-4. The smallest absolute Gasteiger partial charge is 0 e. The van der Waals surface area contributed by atoms with E-state index in [9.17, 15) is 0 Å². The standard InChI is InChI=1S/C6H12N.C6H8N.2CHNS.Ni/c2*1-6-2-4-7-5-3-6;2*2-1-3;/h6H,2-5H2,1H3;2-4H,5H2,1H3;2*3H;/q2*-1;;;/p-2. The van der Waals surface area contributed by atoms with Crippen LogP contribution < -0.4 is 0 Å². The Kier molecular flexibility index (Phi) is 25.7. The van der Waals surface area contributed by atoms with Gasteiger partial charge in [-0.05, 0) is 12.8 Å². The van der Waals surface area contributed by atoms with Crippen molar-refractivity contribution in [2.75, 3.05) is 19.6 Å². The summed E-state index contributed by atoms with van der Waals surface area (Å²) in [5, 5.41) is 25.1. The average Bonchev–Trinajstić information content (AvgIpc) is 2.43. The molecule has 0 aromatic heterocycles. The predicted molar refractivity (Wildman–Crippen MR) is 88.6 cm³/mol. The molecule has 0 saturated carbocycles. The van der Waals surface area contributed by atoms with Crippen LogP contribution in [0.4, 0.5) is 0 Å². The normalized spacial score (nSPS) is 15.1. The number of piperidine rings is 1. The average molecular weight is 367 g/mol. The molecule has 2 heterocycles. The van der Waals surface area contributed by atoms with Gasteiger partial charge in [0.05, 0.1) is 0 Å². The van der Waals surface area contributed by atoms with Gasteiger partial charge in [-0.1, -0.05) is 48.3 Å². The van der Waals surface area contributed by atoms with Crippen LogP contribution in [0.2, 0.25) is 0 Å². The number of allylic oxidation sites excluding steroid dienone is 2. The number of hydrogen-bond donors (Lipinski definition) is 0. The van der Waals surface area contributed by atoms with E-state index in [1.807, 2.05) is 12.3 Å². The molecular weight excluding hydrogens is 347 g/mol. The quantitative estimate of drug-likeness (QED) is 0.372. The molecule has 2 aliphatic heterocycles. The van der Waals surface area contributed by atoms with Gasteiger partial charge in [-0.15, -0.1) is 19.6 Å². The van der Waals surface area contributed by atoms with Crippen molar-refractivity contribution >= 4 is 25.3 Å². The van der Waals surface area contributed by atoms with Crippen molar-refractivity contribution < 1.29 is 16.5 Å². The maximum Gasteiger partial charge on any atom is 0 e. The number of rotatable bonds is 0. The van der Waals surface area contributed by atoms with Gasteiger partial charge in [0.1, 0.15) is 0 Å². The molecule has 0 N–H and O–H groups in total. The molecule has 0 unspecified atom stereocenters. The van der Waals surface area contributed by atoms with Gasteiger partial charge in [0.25, 0.3) is 0 Å². The minimum absolute atomic E-state index is 0. The van der Waals surface area contributed by atoms with Gasteiger partial charge in [-0.25, -0.2) is 10.5 Å². The van der Waals surface area contributed by atoms with Crippen molar-refractivity contribution in [1.82, 2.24) is 0 Å². The third-order valence-corrected chi connectivity index (χ3v) is 2.52. The van der Waals surface area contributed by atoms with E-state index in [1.54, 1.807) is 0 Å². The first kappa shape index (κ1) is 25.1. The van der Waals surface area contributed by atoms with E-state index in [-0.39, 0.29) is 16.5 Å². The summed E-state index contributed by atoms with van der Waals surface area (Å²) in [6.07, 6.45) is 8.58. The first-order valence-electron chi connectivity index (χ1n) is 6.28. The Bertz CT molecular complexity index is 341. The van der Waals surface area contributed by atoms with E-state index in [4.69, 9.17) is 10.5 Å². The summed E-state index contributed by atoms with van der Waals surface area (Å²) in [6, 6.07) is 0. The van der Waals surface area contributed by atoms with Gasteiger partial charge in [0.15, 0.2) is 0 Å². The Balaban J connectivity index is -0.000000220. The summed E-state index contributed by atoms with van der Waals surface area (Å²) in [6.45, 7) is 7.46. The van der Waals surface area contributed by atoms with Crippen LogP contribution in [-0.2, 0) is 41.7 Å². The summed E-state index contributed by atoms with van der Waals surface area (Å²) >= 11 is 7.40. The Morgan fingerprint density at radius 1 is 1.19 bits per heavy atom. The van der Waals surface area contributed by atoms with Crippen molar-refractivity contribution in [1.29, 1.82) is 10.5 Å². The van der Waals surface area contributed by atoms with Gasteiger partial charge in [0.2, 0.25) is 0 Å². The van der Waals surface area contributed by atoms with Crippen LogP contribution >= 0.6 is 0 Å². The van der Waals surface area contributed by atoms with Crippen LogP contribution in [0.1, 0.15) is 26.7 Å². The summed E-state index contributed by atoms with van der Waals surface area (Å²) in [7, 11) is 0. The number of hydrogen-bond acceptors (Lipinski definition) is 4. The van der Waals surface area contributed by atoms with E-state index in [0.29, 0.717) is 0 Å². The minimum atomic E-state index is 0. The zero-order chi connectivity index (χ0) is 15.6. The Morgan fingerprint density at radius 3 is 1.86 bits per heavy atom. The fourth-order valence-corrected chi connectivity index (χ4v) is 1.38.